The van der Waals surface area contributed by atoms with Gasteiger partial charge < -0.3 is 10.6 Å². The molecule has 0 spiro atoms. The zero-order chi connectivity index (χ0) is 13.7. The van der Waals surface area contributed by atoms with Gasteiger partial charge in [0.2, 0.25) is 0 Å². The second-order valence-electron chi connectivity index (χ2n) is 5.50. The largest absolute Gasteiger partial charge is 0.370 e. The van der Waals surface area contributed by atoms with Gasteiger partial charge in [0.1, 0.15) is 17.5 Å². The van der Waals surface area contributed by atoms with Gasteiger partial charge in [-0.2, -0.15) is 0 Å². The van der Waals surface area contributed by atoms with Crippen LogP contribution in [0.4, 0.5) is 11.6 Å². The number of aryl methyl sites for hydroxylation is 1. The maximum atomic E-state index is 4.57. The fraction of sp³-hybridized carbons (Fsp3) is 0.733. The van der Waals surface area contributed by atoms with Crippen LogP contribution in [0.5, 0.6) is 0 Å². The molecule has 0 unspecified atom stereocenters. The van der Waals surface area contributed by atoms with E-state index in [4.69, 9.17) is 0 Å². The average molecular weight is 262 g/mol. The molecule has 0 amide bonds. The smallest absolute Gasteiger partial charge is 0.134 e. The van der Waals surface area contributed by atoms with Gasteiger partial charge >= 0.3 is 0 Å². The maximum absolute atomic E-state index is 4.57. The summed E-state index contributed by atoms with van der Waals surface area (Å²) in [5, 5.41) is 7.01. The quantitative estimate of drug-likeness (QED) is 0.850. The summed E-state index contributed by atoms with van der Waals surface area (Å²) >= 11 is 0. The molecule has 0 aliphatic heterocycles. The SMILES string of the molecule is CCCNc1nc(C)nc(NC2CCCCC2)c1C. The van der Waals surface area contributed by atoms with Crippen molar-refractivity contribution in [2.24, 2.45) is 0 Å². The molecule has 19 heavy (non-hydrogen) atoms. The van der Waals surface area contributed by atoms with Crippen molar-refractivity contribution in [1.82, 2.24) is 9.97 Å². The fourth-order valence-corrected chi connectivity index (χ4v) is 2.62. The lowest BCUT2D eigenvalue weighted by Crippen LogP contribution is -2.24. The number of hydrogen-bond donors (Lipinski definition) is 2. The summed E-state index contributed by atoms with van der Waals surface area (Å²) in [5.74, 6) is 2.83. The molecule has 2 N–H and O–H groups in total. The van der Waals surface area contributed by atoms with Crippen LogP contribution in [0.1, 0.15) is 56.8 Å². The molecule has 4 heteroatoms. The van der Waals surface area contributed by atoms with E-state index >= 15 is 0 Å². The van der Waals surface area contributed by atoms with E-state index < -0.39 is 0 Å². The van der Waals surface area contributed by atoms with Gasteiger partial charge in [0.05, 0.1) is 0 Å². The molecule has 0 saturated heterocycles. The van der Waals surface area contributed by atoms with Crippen LogP contribution in [0.2, 0.25) is 0 Å². The van der Waals surface area contributed by atoms with E-state index in [-0.39, 0.29) is 0 Å². The molecule has 1 aliphatic carbocycles. The Bertz CT molecular complexity index is 411. The van der Waals surface area contributed by atoms with Crippen LogP contribution < -0.4 is 10.6 Å². The topological polar surface area (TPSA) is 49.8 Å². The minimum Gasteiger partial charge on any atom is -0.370 e. The van der Waals surface area contributed by atoms with E-state index in [0.29, 0.717) is 6.04 Å². The first-order chi connectivity index (χ1) is 9.20. The molecule has 1 fully saturated rings. The molecule has 1 aromatic rings. The van der Waals surface area contributed by atoms with Gasteiger partial charge in [-0.3, -0.25) is 0 Å². The minimum absolute atomic E-state index is 0.584. The van der Waals surface area contributed by atoms with E-state index in [1.807, 2.05) is 6.92 Å². The molecule has 0 aromatic carbocycles. The van der Waals surface area contributed by atoms with Gasteiger partial charge in [-0.25, -0.2) is 9.97 Å². The predicted molar refractivity (Wildman–Crippen MR) is 80.8 cm³/mol. The van der Waals surface area contributed by atoms with Gasteiger partial charge in [-0.1, -0.05) is 26.2 Å². The molecule has 1 saturated carbocycles. The molecule has 0 bridgehead atoms. The van der Waals surface area contributed by atoms with Crippen LogP contribution in [0, 0.1) is 13.8 Å². The molecule has 1 aromatic heterocycles. The van der Waals surface area contributed by atoms with Crippen molar-refractivity contribution < 1.29 is 0 Å². The molecule has 1 aliphatic rings. The number of rotatable bonds is 5. The van der Waals surface area contributed by atoms with E-state index in [2.05, 4.69) is 34.4 Å². The zero-order valence-corrected chi connectivity index (χ0v) is 12.4. The highest BCUT2D eigenvalue weighted by atomic mass is 15.1. The fourth-order valence-electron chi connectivity index (χ4n) is 2.62. The first-order valence-electron chi connectivity index (χ1n) is 7.56. The van der Waals surface area contributed by atoms with Crippen LogP contribution in [-0.2, 0) is 0 Å². The third-order valence-corrected chi connectivity index (χ3v) is 3.75. The Morgan fingerprint density at radius 2 is 1.74 bits per heavy atom. The van der Waals surface area contributed by atoms with Gasteiger partial charge in [-0.05, 0) is 33.1 Å². The average Bonchev–Trinajstić information content (AvgIpc) is 2.42. The highest BCUT2D eigenvalue weighted by molar-refractivity contribution is 5.57. The van der Waals surface area contributed by atoms with E-state index in [0.717, 1.165) is 36.0 Å². The van der Waals surface area contributed by atoms with Crippen LogP contribution >= 0.6 is 0 Å². The van der Waals surface area contributed by atoms with Crippen molar-refractivity contribution in [3.63, 3.8) is 0 Å². The molecular weight excluding hydrogens is 236 g/mol. The summed E-state index contributed by atoms with van der Waals surface area (Å²) in [5.41, 5.74) is 1.14. The third-order valence-electron chi connectivity index (χ3n) is 3.75. The molecule has 2 rings (SSSR count). The monoisotopic (exact) mass is 262 g/mol. The van der Waals surface area contributed by atoms with Gasteiger partial charge in [-0.15, -0.1) is 0 Å². The first kappa shape index (κ1) is 14.1. The van der Waals surface area contributed by atoms with Gasteiger partial charge in [0.15, 0.2) is 0 Å². The normalized spacial score (nSPS) is 16.4. The summed E-state index contributed by atoms with van der Waals surface area (Å²) < 4.78 is 0. The van der Waals surface area contributed by atoms with Crippen molar-refractivity contribution in [1.29, 1.82) is 0 Å². The van der Waals surface area contributed by atoms with Crippen LogP contribution in [-0.4, -0.2) is 22.6 Å². The van der Waals surface area contributed by atoms with E-state index in [9.17, 15) is 0 Å². The Morgan fingerprint density at radius 3 is 2.42 bits per heavy atom. The Kier molecular flexibility index (Phi) is 5.00. The summed E-state index contributed by atoms with van der Waals surface area (Å²) in [7, 11) is 0. The molecule has 0 atom stereocenters. The Labute approximate surface area is 116 Å². The first-order valence-corrected chi connectivity index (χ1v) is 7.56. The summed E-state index contributed by atoms with van der Waals surface area (Å²) in [6, 6.07) is 0.584. The molecule has 0 radical (unpaired) electrons. The Balaban J connectivity index is 2.11. The molecule has 106 valence electrons. The Morgan fingerprint density at radius 1 is 1.05 bits per heavy atom. The third kappa shape index (κ3) is 3.82. The number of nitrogens with one attached hydrogen (secondary N) is 2. The lowest BCUT2D eigenvalue weighted by atomic mass is 9.95. The molecule has 1 heterocycles. The number of nitrogens with zero attached hydrogens (tertiary/aromatic N) is 2. The van der Waals surface area contributed by atoms with E-state index in [1.54, 1.807) is 0 Å². The summed E-state index contributed by atoms with van der Waals surface area (Å²) in [4.78, 5) is 9.08. The van der Waals surface area contributed by atoms with Crippen LogP contribution in [0.3, 0.4) is 0 Å². The second-order valence-corrected chi connectivity index (χ2v) is 5.50. The van der Waals surface area contributed by atoms with Crippen LogP contribution in [0.15, 0.2) is 0 Å². The lowest BCUT2D eigenvalue weighted by molar-refractivity contribution is 0.461. The highest BCUT2D eigenvalue weighted by Gasteiger charge is 2.16. The highest BCUT2D eigenvalue weighted by Crippen LogP contribution is 2.25. The number of anilines is 2. The standard InChI is InChI=1S/C15H26N4/c1-4-10-16-14-11(2)15(18-12(3)17-14)19-13-8-6-5-7-9-13/h13H,4-10H2,1-3H3,(H2,16,17,18,19). The minimum atomic E-state index is 0.584. The molecular formula is C15H26N4. The second kappa shape index (κ2) is 6.73. The van der Waals surface area contributed by atoms with Crippen molar-refractivity contribution in [3.8, 4) is 0 Å². The zero-order valence-electron chi connectivity index (χ0n) is 12.4. The maximum Gasteiger partial charge on any atom is 0.134 e. The predicted octanol–water partition coefficient (Wildman–Crippen LogP) is 3.66. The summed E-state index contributed by atoms with van der Waals surface area (Å²) in [6.07, 6.45) is 7.68. The number of hydrogen-bond acceptors (Lipinski definition) is 4. The van der Waals surface area contributed by atoms with Crippen molar-refractivity contribution >= 4 is 11.6 Å². The van der Waals surface area contributed by atoms with Crippen LogP contribution in [0.25, 0.3) is 0 Å². The van der Waals surface area contributed by atoms with Crippen molar-refractivity contribution in [3.05, 3.63) is 11.4 Å². The lowest BCUT2D eigenvalue weighted by Gasteiger charge is -2.24. The van der Waals surface area contributed by atoms with E-state index in [1.165, 1.54) is 32.1 Å². The van der Waals surface area contributed by atoms with Crippen molar-refractivity contribution in [2.75, 3.05) is 17.2 Å². The molecule has 4 nitrogen and oxygen atoms in total. The number of aromatic nitrogens is 2. The van der Waals surface area contributed by atoms with Crippen molar-refractivity contribution in [2.45, 2.75) is 65.3 Å². The Hall–Kier alpha value is -1.32. The van der Waals surface area contributed by atoms with Gasteiger partial charge in [0.25, 0.3) is 0 Å². The van der Waals surface area contributed by atoms with Gasteiger partial charge in [0, 0.05) is 18.2 Å². The summed E-state index contributed by atoms with van der Waals surface area (Å²) in [6.45, 7) is 7.18.